The van der Waals surface area contributed by atoms with E-state index < -0.39 is 6.23 Å². The van der Waals surface area contributed by atoms with Crippen molar-refractivity contribution in [1.82, 2.24) is 30.4 Å². The maximum absolute atomic E-state index is 13.0. The van der Waals surface area contributed by atoms with E-state index in [1.54, 1.807) is 34.4 Å². The van der Waals surface area contributed by atoms with Crippen molar-refractivity contribution in [3.63, 3.8) is 0 Å². The Morgan fingerprint density at radius 1 is 1.17 bits per heavy atom. The van der Waals surface area contributed by atoms with Crippen molar-refractivity contribution >= 4 is 39.5 Å². The number of morpholine rings is 1. The molecular formula is C29H37N7O4S2. The highest BCUT2D eigenvalue weighted by Crippen LogP contribution is 2.36. The Labute approximate surface area is 253 Å². The Bertz CT molecular complexity index is 1360. The molecule has 5 heterocycles. The van der Waals surface area contributed by atoms with Crippen LogP contribution in [0.1, 0.15) is 39.1 Å². The second-order valence-electron chi connectivity index (χ2n) is 11.0. The van der Waals surface area contributed by atoms with Crippen LogP contribution in [-0.2, 0) is 16.1 Å². The second-order valence-corrected chi connectivity index (χ2v) is 13.1. The Balaban J connectivity index is 0.971. The number of aliphatic hydroxyl groups is 1. The predicted octanol–water partition coefficient (Wildman–Crippen LogP) is 1.96. The van der Waals surface area contributed by atoms with Crippen LogP contribution in [0.25, 0.3) is 10.4 Å². The summed E-state index contributed by atoms with van der Waals surface area (Å²) in [6.07, 6.45) is 4.78. The fourth-order valence-corrected chi connectivity index (χ4v) is 7.28. The molecule has 0 aliphatic carbocycles. The minimum Gasteiger partial charge on any atom is -0.379 e. The minimum atomic E-state index is -0.580. The highest BCUT2D eigenvalue weighted by molar-refractivity contribution is 7.17. The highest BCUT2D eigenvalue weighted by Gasteiger charge is 2.36. The van der Waals surface area contributed by atoms with Crippen LogP contribution in [0.3, 0.4) is 0 Å². The molecule has 3 fully saturated rings. The molecule has 3 saturated heterocycles. The van der Waals surface area contributed by atoms with Gasteiger partial charge in [-0.05, 0) is 30.5 Å². The number of nitrogens with zero attached hydrogens (tertiary/aromatic N) is 5. The van der Waals surface area contributed by atoms with Crippen molar-refractivity contribution in [1.29, 1.82) is 0 Å². The molecule has 3 aliphatic heterocycles. The molecule has 2 atom stereocenters. The summed E-state index contributed by atoms with van der Waals surface area (Å²) in [5.41, 5.74) is 2.21. The lowest BCUT2D eigenvalue weighted by Crippen LogP contribution is -2.48. The number of carbonyl (C=O) groups excluding carboxylic acids is 2. The fraction of sp³-hybridized carbons (Fsp3) is 0.517. The van der Waals surface area contributed by atoms with Crippen molar-refractivity contribution in [2.75, 3.05) is 64.4 Å². The molecule has 2 amide bonds. The van der Waals surface area contributed by atoms with Crippen molar-refractivity contribution in [3.8, 4) is 10.4 Å². The van der Waals surface area contributed by atoms with Crippen molar-refractivity contribution < 1.29 is 19.4 Å². The van der Waals surface area contributed by atoms with Crippen LogP contribution in [0, 0.1) is 0 Å². The molecule has 0 radical (unpaired) electrons. The Hall–Kier alpha value is -2.78. The third kappa shape index (κ3) is 6.72. The molecule has 224 valence electrons. The first-order chi connectivity index (χ1) is 20.4. The topological polar surface area (TPSA) is 123 Å². The molecule has 3 aliphatic rings. The first kappa shape index (κ1) is 29.3. The monoisotopic (exact) mass is 611 g/mol. The van der Waals surface area contributed by atoms with Crippen molar-refractivity contribution in [2.45, 2.75) is 37.6 Å². The van der Waals surface area contributed by atoms with Crippen LogP contribution in [0.15, 0.2) is 36.7 Å². The number of aromatic nitrogens is 2. The van der Waals surface area contributed by atoms with Gasteiger partial charge in [-0.25, -0.2) is 9.97 Å². The fourth-order valence-electron chi connectivity index (χ4n) is 5.42. The summed E-state index contributed by atoms with van der Waals surface area (Å²) in [7, 11) is 1.74. The van der Waals surface area contributed by atoms with E-state index in [0.29, 0.717) is 36.2 Å². The summed E-state index contributed by atoms with van der Waals surface area (Å²) in [4.78, 5) is 41.4. The zero-order valence-corrected chi connectivity index (χ0v) is 25.3. The number of likely N-dealkylation sites (N-methyl/N-ethyl adjacent to an activating group) is 1. The lowest BCUT2D eigenvalue weighted by atomic mass is 10.0. The van der Waals surface area contributed by atoms with Crippen LogP contribution in [0.2, 0.25) is 0 Å². The molecule has 1 unspecified atom stereocenters. The molecular weight excluding hydrogens is 574 g/mol. The van der Waals surface area contributed by atoms with Gasteiger partial charge in [-0.15, -0.1) is 11.3 Å². The van der Waals surface area contributed by atoms with Gasteiger partial charge in [-0.3, -0.25) is 19.8 Å². The Morgan fingerprint density at radius 2 is 1.95 bits per heavy atom. The molecule has 2 aromatic heterocycles. The molecule has 0 saturated carbocycles. The van der Waals surface area contributed by atoms with E-state index >= 15 is 0 Å². The Kier molecular flexibility index (Phi) is 9.24. The van der Waals surface area contributed by atoms with E-state index in [0.717, 1.165) is 66.7 Å². The number of thiazole rings is 2. The normalized spacial score (nSPS) is 20.4. The molecule has 13 heteroatoms. The van der Waals surface area contributed by atoms with E-state index in [2.05, 4.69) is 49.8 Å². The van der Waals surface area contributed by atoms with Gasteiger partial charge in [0.05, 0.1) is 35.3 Å². The van der Waals surface area contributed by atoms with E-state index in [9.17, 15) is 14.7 Å². The maximum atomic E-state index is 13.0. The van der Waals surface area contributed by atoms with E-state index in [-0.39, 0.29) is 23.8 Å². The van der Waals surface area contributed by atoms with Gasteiger partial charge in [0.2, 0.25) is 5.91 Å². The van der Waals surface area contributed by atoms with Gasteiger partial charge in [0.15, 0.2) is 5.01 Å². The van der Waals surface area contributed by atoms with E-state index in [4.69, 9.17) is 4.74 Å². The summed E-state index contributed by atoms with van der Waals surface area (Å²) in [6, 6.07) is 8.16. The molecule has 42 heavy (non-hydrogen) atoms. The molecule has 3 aromatic rings. The summed E-state index contributed by atoms with van der Waals surface area (Å²) in [5, 5.41) is 18.9. The van der Waals surface area contributed by atoms with Crippen LogP contribution in [-0.4, -0.2) is 108 Å². The van der Waals surface area contributed by atoms with Gasteiger partial charge >= 0.3 is 0 Å². The Morgan fingerprint density at radius 3 is 2.69 bits per heavy atom. The van der Waals surface area contributed by atoms with Gasteiger partial charge in [-0.1, -0.05) is 35.6 Å². The summed E-state index contributed by atoms with van der Waals surface area (Å²) < 4.78 is 5.36. The van der Waals surface area contributed by atoms with Gasteiger partial charge in [0.25, 0.3) is 5.91 Å². The van der Waals surface area contributed by atoms with Crippen molar-refractivity contribution in [3.05, 3.63) is 52.2 Å². The third-order valence-electron chi connectivity index (χ3n) is 8.05. The second kappa shape index (κ2) is 13.2. The van der Waals surface area contributed by atoms with E-state index in [1.165, 1.54) is 11.3 Å². The number of amides is 2. The van der Waals surface area contributed by atoms with Crippen LogP contribution in [0.5, 0.6) is 0 Å². The molecule has 3 N–H and O–H groups in total. The number of likely N-dealkylation sites (tertiary alicyclic amines) is 1. The zero-order valence-electron chi connectivity index (χ0n) is 23.7. The predicted molar refractivity (Wildman–Crippen MR) is 163 cm³/mol. The summed E-state index contributed by atoms with van der Waals surface area (Å²) in [6.45, 7) is 6.42. The van der Waals surface area contributed by atoms with Gasteiger partial charge in [0, 0.05) is 58.4 Å². The number of carbonyl (C=O) groups is 2. The first-order valence-electron chi connectivity index (χ1n) is 14.5. The smallest absolute Gasteiger partial charge is 0.282 e. The minimum absolute atomic E-state index is 0.0170. The first-order valence-corrected chi connectivity index (χ1v) is 16.1. The molecule has 1 aromatic carbocycles. The lowest BCUT2D eigenvalue weighted by Gasteiger charge is -2.37. The zero-order chi connectivity index (χ0) is 29.1. The largest absolute Gasteiger partial charge is 0.379 e. The van der Waals surface area contributed by atoms with Crippen LogP contribution >= 0.6 is 22.7 Å². The summed E-state index contributed by atoms with van der Waals surface area (Å²) in [5.74, 6) is 0.128. The SMILES string of the molecule is CN(C(=O)[C@@H]1CCCN1)c1cnc(C(=O)N2CC(c3ncc(-c4ccc(CNC(O)CN5CCOCC5)cc4)s3)C2)s1. The van der Waals surface area contributed by atoms with E-state index in [1.807, 2.05) is 6.20 Å². The number of β-amino-alcohol motifs (C(OH)–C–C–N with tert-alkyl or cyclic N) is 1. The number of hydrogen-bond donors (Lipinski definition) is 3. The molecule has 11 nitrogen and oxygen atoms in total. The van der Waals surface area contributed by atoms with Crippen LogP contribution < -0.4 is 15.5 Å². The average Bonchev–Trinajstić information content (AvgIpc) is 3.78. The number of nitrogens with one attached hydrogen (secondary N) is 2. The standard InChI is InChI=1S/C29H37N7O4S2/c1-34(28(38)22-3-2-8-30-22)25-15-33-27(42-25)29(39)36-16-21(17-36)26-32-14-23(41-26)20-6-4-19(5-7-20)13-31-24(37)18-35-9-11-40-12-10-35/h4-7,14-15,21-22,24,30-31,37H,2-3,8-13,16-18H2,1H3/t22-,24?/m0/s1. The molecule has 0 spiro atoms. The number of benzene rings is 1. The third-order valence-corrected chi connectivity index (χ3v) is 10.3. The number of anilines is 1. The van der Waals surface area contributed by atoms with Gasteiger partial charge in [-0.2, -0.15) is 0 Å². The maximum Gasteiger partial charge on any atom is 0.282 e. The molecule has 6 rings (SSSR count). The summed E-state index contributed by atoms with van der Waals surface area (Å²) >= 11 is 2.93. The average molecular weight is 612 g/mol. The number of rotatable bonds is 10. The quantitative estimate of drug-likeness (QED) is 0.295. The number of hydrogen-bond acceptors (Lipinski definition) is 11. The van der Waals surface area contributed by atoms with Gasteiger partial charge < -0.3 is 25.0 Å². The van der Waals surface area contributed by atoms with Crippen molar-refractivity contribution in [2.24, 2.45) is 0 Å². The van der Waals surface area contributed by atoms with Crippen LogP contribution in [0.4, 0.5) is 5.00 Å². The molecule has 0 bridgehead atoms. The number of aliphatic hydroxyl groups excluding tert-OH is 1. The number of ether oxygens (including phenoxy) is 1. The lowest BCUT2D eigenvalue weighted by molar-refractivity contribution is -0.119. The highest BCUT2D eigenvalue weighted by atomic mass is 32.1. The van der Waals surface area contributed by atoms with Gasteiger partial charge in [0.1, 0.15) is 11.2 Å².